The summed E-state index contributed by atoms with van der Waals surface area (Å²) >= 11 is 0. The first-order valence-corrected chi connectivity index (χ1v) is 9.08. The van der Waals surface area contributed by atoms with E-state index in [2.05, 4.69) is 9.71 Å². The minimum absolute atomic E-state index is 0.0282. The Morgan fingerprint density at radius 2 is 1.60 bits per heavy atom. The van der Waals surface area contributed by atoms with Gasteiger partial charge in [0.15, 0.2) is 9.84 Å². The van der Waals surface area contributed by atoms with Gasteiger partial charge in [-0.1, -0.05) is 0 Å². The smallest absolute Gasteiger partial charge is 0.240 e. The molecule has 2 rings (SSSR count). The summed E-state index contributed by atoms with van der Waals surface area (Å²) in [5, 5.41) is 0. The highest BCUT2D eigenvalue weighted by Crippen LogP contribution is 2.14. The Labute approximate surface area is 117 Å². The highest BCUT2D eigenvalue weighted by atomic mass is 32.2. The number of sulfonamides is 1. The Morgan fingerprint density at radius 1 is 1.00 bits per heavy atom. The summed E-state index contributed by atoms with van der Waals surface area (Å²) in [6, 6.07) is 6.86. The van der Waals surface area contributed by atoms with Crippen molar-refractivity contribution < 1.29 is 16.8 Å². The number of nitrogens with one attached hydrogen (secondary N) is 2. The first kappa shape index (κ1) is 14.8. The molecule has 1 aromatic heterocycles. The summed E-state index contributed by atoms with van der Waals surface area (Å²) in [6.07, 6.45) is 4.46. The van der Waals surface area contributed by atoms with Crippen molar-refractivity contribution in [3.05, 3.63) is 48.3 Å². The van der Waals surface area contributed by atoms with E-state index in [1.54, 1.807) is 18.5 Å². The third kappa shape index (κ3) is 3.47. The second-order valence-corrected chi connectivity index (χ2v) is 8.07. The predicted molar refractivity (Wildman–Crippen MR) is 74.4 cm³/mol. The SMILES string of the molecule is CS(=O)(=O)c1ccc(S(=O)(=O)NCc2cc[nH]c2)cc1. The van der Waals surface area contributed by atoms with Gasteiger partial charge in [-0.25, -0.2) is 21.6 Å². The van der Waals surface area contributed by atoms with Crippen LogP contribution in [-0.2, 0) is 26.4 Å². The van der Waals surface area contributed by atoms with E-state index in [4.69, 9.17) is 0 Å². The summed E-state index contributed by atoms with van der Waals surface area (Å²) in [6.45, 7) is 0.166. The monoisotopic (exact) mass is 314 g/mol. The van der Waals surface area contributed by atoms with Crippen LogP contribution in [0.1, 0.15) is 5.56 Å². The van der Waals surface area contributed by atoms with Crippen LogP contribution >= 0.6 is 0 Å². The Morgan fingerprint density at radius 3 is 2.10 bits per heavy atom. The predicted octanol–water partition coefficient (Wildman–Crippen LogP) is 0.897. The number of hydrogen-bond acceptors (Lipinski definition) is 4. The maximum Gasteiger partial charge on any atom is 0.240 e. The first-order valence-electron chi connectivity index (χ1n) is 5.70. The topological polar surface area (TPSA) is 96.1 Å². The highest BCUT2D eigenvalue weighted by Gasteiger charge is 2.15. The molecule has 0 spiro atoms. The number of aromatic amines is 1. The van der Waals surface area contributed by atoms with Gasteiger partial charge in [-0.05, 0) is 35.9 Å². The van der Waals surface area contributed by atoms with Gasteiger partial charge >= 0.3 is 0 Å². The molecule has 1 heterocycles. The fraction of sp³-hybridized carbons (Fsp3) is 0.167. The van der Waals surface area contributed by atoms with E-state index in [1.165, 1.54) is 24.3 Å². The lowest BCUT2D eigenvalue weighted by atomic mass is 10.4. The molecule has 0 bridgehead atoms. The molecule has 0 aliphatic carbocycles. The number of benzene rings is 1. The summed E-state index contributed by atoms with van der Waals surface area (Å²) < 4.78 is 49.1. The number of H-pyrrole nitrogens is 1. The number of rotatable bonds is 5. The molecule has 2 aromatic rings. The van der Waals surface area contributed by atoms with Crippen molar-refractivity contribution in [2.24, 2.45) is 0 Å². The van der Waals surface area contributed by atoms with E-state index in [1.807, 2.05) is 0 Å². The molecule has 20 heavy (non-hydrogen) atoms. The van der Waals surface area contributed by atoms with Gasteiger partial charge in [-0.15, -0.1) is 0 Å². The van der Waals surface area contributed by atoms with Crippen LogP contribution in [-0.4, -0.2) is 28.1 Å². The van der Waals surface area contributed by atoms with Crippen molar-refractivity contribution >= 4 is 19.9 Å². The van der Waals surface area contributed by atoms with Crippen LogP contribution in [0.15, 0.2) is 52.5 Å². The molecule has 0 fully saturated rings. The fourth-order valence-electron chi connectivity index (χ4n) is 1.60. The molecule has 6 nitrogen and oxygen atoms in total. The van der Waals surface area contributed by atoms with E-state index in [-0.39, 0.29) is 16.3 Å². The molecule has 0 aliphatic heterocycles. The maximum atomic E-state index is 12.0. The van der Waals surface area contributed by atoms with Crippen molar-refractivity contribution in [1.29, 1.82) is 0 Å². The Bertz CT molecular complexity index is 776. The lowest BCUT2D eigenvalue weighted by Crippen LogP contribution is -2.23. The van der Waals surface area contributed by atoms with E-state index in [0.29, 0.717) is 0 Å². The standard InChI is InChI=1S/C12H14N2O4S2/c1-19(15,16)11-2-4-12(5-3-11)20(17,18)14-9-10-6-7-13-8-10/h2-8,13-14H,9H2,1H3. The van der Waals surface area contributed by atoms with E-state index >= 15 is 0 Å². The molecule has 0 atom stereocenters. The zero-order chi connectivity index (χ0) is 14.8. The van der Waals surface area contributed by atoms with E-state index < -0.39 is 19.9 Å². The summed E-state index contributed by atoms with van der Waals surface area (Å²) in [7, 11) is -6.99. The van der Waals surface area contributed by atoms with E-state index in [0.717, 1.165) is 11.8 Å². The largest absolute Gasteiger partial charge is 0.367 e. The number of aromatic nitrogens is 1. The summed E-state index contributed by atoms with van der Waals surface area (Å²) in [5.41, 5.74) is 0.807. The molecule has 8 heteroatoms. The quantitative estimate of drug-likeness (QED) is 0.857. The summed E-state index contributed by atoms with van der Waals surface area (Å²) in [4.78, 5) is 2.94. The molecule has 0 amide bonds. The van der Waals surface area contributed by atoms with Crippen LogP contribution in [0.4, 0.5) is 0 Å². The van der Waals surface area contributed by atoms with Crippen molar-refractivity contribution in [2.45, 2.75) is 16.3 Å². The third-order valence-corrected chi connectivity index (χ3v) is 5.24. The Balaban J connectivity index is 2.17. The molecule has 0 aliphatic rings. The van der Waals surface area contributed by atoms with Crippen molar-refractivity contribution in [1.82, 2.24) is 9.71 Å². The van der Waals surface area contributed by atoms with Gasteiger partial charge in [-0.2, -0.15) is 0 Å². The molecular weight excluding hydrogens is 300 g/mol. The molecule has 2 N–H and O–H groups in total. The van der Waals surface area contributed by atoms with Crippen LogP contribution < -0.4 is 4.72 Å². The zero-order valence-electron chi connectivity index (χ0n) is 10.7. The second kappa shape index (κ2) is 5.39. The molecule has 0 radical (unpaired) electrons. The van der Waals surface area contributed by atoms with Gasteiger partial charge in [0.1, 0.15) is 0 Å². The number of hydrogen-bond donors (Lipinski definition) is 2. The van der Waals surface area contributed by atoms with Gasteiger partial charge in [-0.3, -0.25) is 0 Å². The van der Waals surface area contributed by atoms with Crippen LogP contribution in [0, 0.1) is 0 Å². The van der Waals surface area contributed by atoms with Gasteiger partial charge < -0.3 is 4.98 Å². The van der Waals surface area contributed by atoms with Crippen molar-refractivity contribution in [3.8, 4) is 0 Å². The Kier molecular flexibility index (Phi) is 3.98. The third-order valence-electron chi connectivity index (χ3n) is 2.69. The van der Waals surface area contributed by atoms with Crippen LogP contribution in [0.3, 0.4) is 0 Å². The van der Waals surface area contributed by atoms with Gasteiger partial charge in [0, 0.05) is 25.2 Å². The van der Waals surface area contributed by atoms with Gasteiger partial charge in [0.05, 0.1) is 9.79 Å². The van der Waals surface area contributed by atoms with Crippen LogP contribution in [0.25, 0.3) is 0 Å². The van der Waals surface area contributed by atoms with Crippen molar-refractivity contribution in [3.63, 3.8) is 0 Å². The lowest BCUT2D eigenvalue weighted by molar-refractivity contribution is 0.580. The molecule has 0 saturated heterocycles. The zero-order valence-corrected chi connectivity index (χ0v) is 12.3. The van der Waals surface area contributed by atoms with E-state index in [9.17, 15) is 16.8 Å². The fourth-order valence-corrected chi connectivity index (χ4v) is 3.24. The van der Waals surface area contributed by atoms with Gasteiger partial charge in [0.2, 0.25) is 10.0 Å². The minimum atomic E-state index is -3.66. The molecular formula is C12H14N2O4S2. The molecule has 0 unspecified atom stereocenters. The Hall–Kier alpha value is -1.64. The molecule has 0 saturated carbocycles. The molecule has 1 aromatic carbocycles. The average molecular weight is 314 g/mol. The van der Waals surface area contributed by atoms with Crippen LogP contribution in [0.5, 0.6) is 0 Å². The summed E-state index contributed by atoms with van der Waals surface area (Å²) in [5.74, 6) is 0. The second-order valence-electron chi connectivity index (χ2n) is 4.29. The van der Waals surface area contributed by atoms with Crippen LogP contribution in [0.2, 0.25) is 0 Å². The first-order chi connectivity index (χ1) is 9.29. The highest BCUT2D eigenvalue weighted by molar-refractivity contribution is 7.90. The minimum Gasteiger partial charge on any atom is -0.367 e. The van der Waals surface area contributed by atoms with Gasteiger partial charge in [0.25, 0.3) is 0 Å². The lowest BCUT2D eigenvalue weighted by Gasteiger charge is -2.06. The number of sulfone groups is 1. The average Bonchev–Trinajstić information content (AvgIpc) is 2.89. The molecule has 108 valence electrons. The maximum absolute atomic E-state index is 12.0. The normalized spacial score (nSPS) is 12.4. The van der Waals surface area contributed by atoms with Crippen molar-refractivity contribution in [2.75, 3.05) is 6.26 Å².